The summed E-state index contributed by atoms with van der Waals surface area (Å²) >= 11 is 0. The first kappa shape index (κ1) is 9.05. The smallest absolute Gasteiger partial charge is 0.250 e. The van der Waals surface area contributed by atoms with Crippen molar-refractivity contribution in [1.82, 2.24) is 0 Å². The number of rotatable bonds is 0. The summed E-state index contributed by atoms with van der Waals surface area (Å²) in [5.41, 5.74) is 0. The fourth-order valence-corrected chi connectivity index (χ4v) is 5.13. The summed E-state index contributed by atoms with van der Waals surface area (Å²) in [7, 11) is -4.02. The molecule has 3 nitrogen and oxygen atoms in total. The van der Waals surface area contributed by atoms with Crippen LogP contribution in [0, 0.1) is 0 Å². The third-order valence-corrected chi connectivity index (χ3v) is 5.59. The lowest BCUT2D eigenvalue weighted by molar-refractivity contribution is 0.495. The Morgan fingerprint density at radius 2 is 2.08 bits per heavy atom. The molecule has 0 saturated heterocycles. The maximum Gasteiger partial charge on any atom is 0.250 e. The highest BCUT2D eigenvalue weighted by atomic mass is 32.3. The van der Waals surface area contributed by atoms with Crippen LogP contribution in [0.4, 0.5) is 0 Å². The van der Waals surface area contributed by atoms with E-state index in [1.54, 1.807) is 24.3 Å². The second-order valence-corrected chi connectivity index (χ2v) is 6.51. The molecule has 2 unspecified atom stereocenters. The Labute approximate surface area is 79.9 Å². The molecule has 13 heavy (non-hydrogen) atoms. The summed E-state index contributed by atoms with van der Waals surface area (Å²) in [6, 6.07) is 6.66. The van der Waals surface area contributed by atoms with E-state index in [-0.39, 0.29) is 11.5 Å². The van der Waals surface area contributed by atoms with Gasteiger partial charge in [-0.2, -0.15) is 4.55 Å². The van der Waals surface area contributed by atoms with Gasteiger partial charge in [0.1, 0.15) is 0 Å². The SMILES string of the molecule is O=S1CC[S+](=O)(O)c2ccccc21. The Hall–Kier alpha value is -0.520. The number of benzene rings is 1. The Bertz CT molecular complexity index is 414. The lowest BCUT2D eigenvalue weighted by atomic mass is 10.4. The highest BCUT2D eigenvalue weighted by molar-refractivity contribution is 8.00. The van der Waals surface area contributed by atoms with E-state index in [4.69, 9.17) is 0 Å². The largest absolute Gasteiger partial charge is 0.254 e. The third kappa shape index (κ3) is 1.47. The van der Waals surface area contributed by atoms with E-state index in [9.17, 15) is 13.0 Å². The molecule has 0 aliphatic carbocycles. The maximum absolute atomic E-state index is 11.6. The van der Waals surface area contributed by atoms with Gasteiger partial charge in [-0.1, -0.05) is 16.3 Å². The van der Waals surface area contributed by atoms with Crippen LogP contribution >= 0.6 is 0 Å². The van der Waals surface area contributed by atoms with Crippen molar-refractivity contribution in [3.05, 3.63) is 24.3 Å². The molecule has 1 aliphatic heterocycles. The Balaban J connectivity index is 2.68. The molecule has 1 aliphatic rings. The van der Waals surface area contributed by atoms with Gasteiger partial charge in [0.25, 0.3) is 0 Å². The molecule has 1 N–H and O–H groups in total. The molecule has 1 aromatic rings. The van der Waals surface area contributed by atoms with Crippen LogP contribution in [0.15, 0.2) is 34.1 Å². The monoisotopic (exact) mass is 217 g/mol. The van der Waals surface area contributed by atoms with Crippen molar-refractivity contribution in [3.8, 4) is 0 Å². The summed E-state index contributed by atoms with van der Waals surface area (Å²) in [6.45, 7) is 0. The molecule has 0 aromatic heterocycles. The molecule has 0 fully saturated rings. The van der Waals surface area contributed by atoms with Crippen LogP contribution in [-0.2, 0) is 25.2 Å². The fraction of sp³-hybridized carbons (Fsp3) is 0.250. The van der Waals surface area contributed by atoms with Crippen LogP contribution in [-0.4, -0.2) is 20.3 Å². The maximum atomic E-state index is 11.6. The molecule has 70 valence electrons. The molecule has 2 atom stereocenters. The molecule has 0 bridgehead atoms. The lowest BCUT2D eigenvalue weighted by Crippen LogP contribution is -2.26. The summed E-state index contributed by atoms with van der Waals surface area (Å²) in [4.78, 5) is 0.862. The zero-order valence-electron chi connectivity index (χ0n) is 6.80. The molecular formula is C8H9O3S2+. The Morgan fingerprint density at radius 1 is 1.38 bits per heavy atom. The van der Waals surface area contributed by atoms with E-state index >= 15 is 0 Å². The topological polar surface area (TPSA) is 54.4 Å². The zero-order chi connectivity index (χ0) is 9.47. The molecule has 0 spiro atoms. The van der Waals surface area contributed by atoms with Crippen LogP contribution < -0.4 is 0 Å². The van der Waals surface area contributed by atoms with Gasteiger partial charge >= 0.3 is 0 Å². The van der Waals surface area contributed by atoms with Crippen molar-refractivity contribution in [1.29, 1.82) is 0 Å². The van der Waals surface area contributed by atoms with E-state index < -0.39 is 21.0 Å². The van der Waals surface area contributed by atoms with E-state index in [0.717, 1.165) is 0 Å². The fourth-order valence-electron chi connectivity index (χ4n) is 1.31. The van der Waals surface area contributed by atoms with Crippen molar-refractivity contribution in [2.45, 2.75) is 9.79 Å². The highest BCUT2D eigenvalue weighted by Gasteiger charge is 2.38. The standard InChI is InChI=1S/C8H8O3S2/c9-12-5-6-13(10,11)8-4-2-1-3-7(8)12/h1-4H,5-6H2/p+1. The van der Waals surface area contributed by atoms with Gasteiger partial charge in [0, 0.05) is 0 Å². The Morgan fingerprint density at radius 3 is 2.77 bits per heavy atom. The van der Waals surface area contributed by atoms with Crippen LogP contribution in [0.2, 0.25) is 0 Å². The summed E-state index contributed by atoms with van der Waals surface area (Å²) < 4.78 is 32.6. The molecule has 1 aromatic carbocycles. The second kappa shape index (κ2) is 3.01. The lowest BCUT2D eigenvalue weighted by Gasteiger charge is -2.13. The van der Waals surface area contributed by atoms with Gasteiger partial charge in [0.15, 0.2) is 5.75 Å². The first-order chi connectivity index (χ1) is 6.11. The third-order valence-electron chi connectivity index (χ3n) is 1.98. The first-order valence-corrected chi connectivity index (χ1v) is 6.83. The van der Waals surface area contributed by atoms with Crippen molar-refractivity contribution in [2.24, 2.45) is 0 Å². The Kier molecular flexibility index (Phi) is 2.09. The summed E-state index contributed by atoms with van der Waals surface area (Å²) in [6.07, 6.45) is 0. The molecule has 5 heteroatoms. The molecule has 0 saturated carbocycles. The van der Waals surface area contributed by atoms with Gasteiger partial charge in [0.2, 0.25) is 15.1 Å². The molecule has 2 rings (SSSR count). The van der Waals surface area contributed by atoms with E-state index in [1.165, 1.54) is 0 Å². The summed E-state index contributed by atoms with van der Waals surface area (Å²) in [5.74, 6) is 0.392. The normalized spacial score (nSPS) is 32.5. The van der Waals surface area contributed by atoms with E-state index in [0.29, 0.717) is 9.79 Å². The molecule has 0 amide bonds. The average molecular weight is 217 g/mol. The van der Waals surface area contributed by atoms with Crippen LogP contribution in [0.25, 0.3) is 0 Å². The number of fused-ring (bicyclic) bond motifs is 1. The van der Waals surface area contributed by atoms with Gasteiger partial charge in [-0.15, -0.1) is 0 Å². The van der Waals surface area contributed by atoms with Crippen molar-refractivity contribution in [2.75, 3.05) is 11.5 Å². The minimum atomic E-state index is -2.92. The second-order valence-electron chi connectivity index (χ2n) is 2.84. The number of hydrogen-bond acceptors (Lipinski definition) is 2. The minimum Gasteiger partial charge on any atom is -0.254 e. The van der Waals surface area contributed by atoms with Gasteiger partial charge in [-0.25, -0.2) is 0 Å². The van der Waals surface area contributed by atoms with Gasteiger partial charge < -0.3 is 0 Å². The van der Waals surface area contributed by atoms with E-state index in [1.807, 2.05) is 0 Å². The van der Waals surface area contributed by atoms with Crippen molar-refractivity contribution >= 4 is 21.0 Å². The van der Waals surface area contributed by atoms with Gasteiger partial charge in [-0.05, 0) is 12.1 Å². The van der Waals surface area contributed by atoms with Crippen LogP contribution in [0.1, 0.15) is 0 Å². The van der Waals surface area contributed by atoms with Gasteiger partial charge in [0.05, 0.1) is 21.4 Å². The number of hydrogen-bond donors (Lipinski definition) is 1. The predicted octanol–water partition coefficient (Wildman–Crippen LogP) is 1.14. The average Bonchev–Trinajstić information content (AvgIpc) is 2.13. The van der Waals surface area contributed by atoms with Crippen molar-refractivity contribution in [3.63, 3.8) is 0 Å². The van der Waals surface area contributed by atoms with Gasteiger partial charge in [-0.3, -0.25) is 4.21 Å². The minimum absolute atomic E-state index is 0.108. The molecular weight excluding hydrogens is 208 g/mol. The first-order valence-electron chi connectivity index (χ1n) is 3.83. The zero-order valence-corrected chi connectivity index (χ0v) is 8.44. The van der Waals surface area contributed by atoms with E-state index in [2.05, 4.69) is 0 Å². The van der Waals surface area contributed by atoms with Crippen LogP contribution in [0.5, 0.6) is 0 Å². The summed E-state index contributed by atoms with van der Waals surface area (Å²) in [5, 5.41) is 0. The predicted molar refractivity (Wildman–Crippen MR) is 51.5 cm³/mol. The highest BCUT2D eigenvalue weighted by Crippen LogP contribution is 2.28. The quantitative estimate of drug-likeness (QED) is 0.663. The molecule has 0 radical (unpaired) electrons. The van der Waals surface area contributed by atoms with Crippen molar-refractivity contribution < 1.29 is 13.0 Å². The van der Waals surface area contributed by atoms with Crippen LogP contribution in [0.3, 0.4) is 0 Å². The molecule has 1 heterocycles.